The monoisotopic (exact) mass is 474 g/mol. The Bertz CT molecular complexity index is 1500. The van der Waals surface area contributed by atoms with Crippen LogP contribution in [0.5, 0.6) is 5.75 Å². The standard InChI is InChI=1S/C25H22N4O6/c1-35-23(31)19-13-16(6-9-21(19)30)15-4-7-17(8-5-15)28-20-3-2-11-26-22(20)29(24(28)32)18-10-12-27(14-18)25(33)34/h2-9,11,13,18,30H,10,12,14H2,1H3,(H,33,34)/t18-/m0/s1. The number of imidazole rings is 1. The number of aromatic nitrogens is 3. The molecule has 0 bridgehead atoms. The minimum Gasteiger partial charge on any atom is -0.507 e. The maximum Gasteiger partial charge on any atom is 0.407 e. The third-order valence-electron chi connectivity index (χ3n) is 6.29. The minimum atomic E-state index is -1.00. The summed E-state index contributed by atoms with van der Waals surface area (Å²) in [5.74, 6) is -0.807. The summed E-state index contributed by atoms with van der Waals surface area (Å²) in [4.78, 5) is 42.6. The van der Waals surface area contributed by atoms with E-state index in [1.807, 2.05) is 12.1 Å². The summed E-state index contributed by atoms with van der Waals surface area (Å²) in [5, 5.41) is 19.3. The van der Waals surface area contributed by atoms with E-state index >= 15 is 0 Å². The minimum absolute atomic E-state index is 0.0615. The van der Waals surface area contributed by atoms with Crippen LogP contribution >= 0.6 is 0 Å². The SMILES string of the molecule is COC(=O)c1cc(-c2ccc(-n3c(=O)n([C@H]4CCN(C(=O)O)C4)c4ncccc43)cc2)ccc1O. The lowest BCUT2D eigenvalue weighted by atomic mass is 10.0. The second kappa shape index (κ2) is 8.64. The molecular weight excluding hydrogens is 452 g/mol. The van der Waals surface area contributed by atoms with Crippen LogP contribution < -0.4 is 5.69 Å². The number of likely N-dealkylation sites (tertiary alicyclic amines) is 1. The number of carbonyl (C=O) groups is 2. The van der Waals surface area contributed by atoms with Crippen LogP contribution in [0.25, 0.3) is 28.0 Å². The Balaban J connectivity index is 1.55. The summed E-state index contributed by atoms with van der Waals surface area (Å²) in [5.41, 5.74) is 2.99. The van der Waals surface area contributed by atoms with Gasteiger partial charge in [-0.1, -0.05) is 18.2 Å². The van der Waals surface area contributed by atoms with Gasteiger partial charge in [0.15, 0.2) is 5.65 Å². The Morgan fingerprint density at radius 1 is 1.09 bits per heavy atom. The van der Waals surface area contributed by atoms with Crippen molar-refractivity contribution < 1.29 is 24.5 Å². The van der Waals surface area contributed by atoms with Crippen molar-refractivity contribution in [1.82, 2.24) is 19.0 Å². The van der Waals surface area contributed by atoms with Gasteiger partial charge in [0.05, 0.1) is 24.4 Å². The highest BCUT2D eigenvalue weighted by Crippen LogP contribution is 2.29. The molecule has 2 aromatic heterocycles. The predicted molar refractivity (Wildman–Crippen MR) is 127 cm³/mol. The number of carbonyl (C=O) groups excluding carboxylic acids is 1. The molecule has 10 heteroatoms. The zero-order valence-electron chi connectivity index (χ0n) is 18.8. The Labute approximate surface area is 199 Å². The van der Waals surface area contributed by atoms with E-state index in [-0.39, 0.29) is 29.6 Å². The summed E-state index contributed by atoms with van der Waals surface area (Å²) < 4.78 is 7.86. The van der Waals surface area contributed by atoms with Gasteiger partial charge in [-0.25, -0.2) is 19.4 Å². The summed E-state index contributed by atoms with van der Waals surface area (Å²) in [6.45, 7) is 0.591. The highest BCUT2D eigenvalue weighted by Gasteiger charge is 2.31. The number of hydrogen-bond acceptors (Lipinski definition) is 6. The van der Waals surface area contributed by atoms with E-state index in [9.17, 15) is 24.6 Å². The number of amides is 1. The normalized spacial score (nSPS) is 15.5. The van der Waals surface area contributed by atoms with Gasteiger partial charge in [-0.05, 0) is 53.9 Å². The van der Waals surface area contributed by atoms with Gasteiger partial charge in [-0.15, -0.1) is 0 Å². The summed E-state index contributed by atoms with van der Waals surface area (Å²) >= 11 is 0. The molecule has 2 aromatic carbocycles. The number of phenolic OH excluding ortho intramolecular Hbond substituents is 1. The second-order valence-electron chi connectivity index (χ2n) is 8.28. The number of rotatable bonds is 4. The zero-order chi connectivity index (χ0) is 24.7. The Morgan fingerprint density at radius 3 is 2.51 bits per heavy atom. The highest BCUT2D eigenvalue weighted by molar-refractivity contribution is 5.94. The summed E-state index contributed by atoms with van der Waals surface area (Å²) in [7, 11) is 1.25. The van der Waals surface area contributed by atoms with Crippen LogP contribution in [0.4, 0.5) is 4.79 Å². The molecule has 1 atom stereocenters. The molecule has 0 saturated carbocycles. The van der Waals surface area contributed by atoms with E-state index in [1.54, 1.807) is 51.7 Å². The fourth-order valence-electron chi connectivity index (χ4n) is 4.55. The lowest BCUT2D eigenvalue weighted by molar-refractivity contribution is 0.0597. The van der Waals surface area contributed by atoms with Gasteiger partial charge in [0.1, 0.15) is 11.3 Å². The van der Waals surface area contributed by atoms with E-state index < -0.39 is 12.1 Å². The first-order valence-electron chi connectivity index (χ1n) is 11.0. The number of aromatic hydroxyl groups is 1. The number of methoxy groups -OCH3 is 1. The molecule has 178 valence electrons. The van der Waals surface area contributed by atoms with Gasteiger partial charge in [0.2, 0.25) is 0 Å². The number of nitrogens with zero attached hydrogens (tertiary/aromatic N) is 4. The van der Waals surface area contributed by atoms with Gasteiger partial charge >= 0.3 is 17.8 Å². The van der Waals surface area contributed by atoms with Crippen molar-refractivity contribution in [3.8, 4) is 22.6 Å². The molecule has 0 unspecified atom stereocenters. The smallest absolute Gasteiger partial charge is 0.407 e. The van der Waals surface area contributed by atoms with Gasteiger partial charge < -0.3 is 19.8 Å². The molecule has 1 saturated heterocycles. The van der Waals surface area contributed by atoms with Crippen molar-refractivity contribution in [2.75, 3.05) is 20.2 Å². The zero-order valence-corrected chi connectivity index (χ0v) is 18.8. The Morgan fingerprint density at radius 2 is 1.83 bits per heavy atom. The van der Waals surface area contributed by atoms with Gasteiger partial charge in [-0.3, -0.25) is 9.13 Å². The maximum absolute atomic E-state index is 13.5. The first-order chi connectivity index (χ1) is 16.9. The molecule has 1 aliphatic rings. The van der Waals surface area contributed by atoms with E-state index in [0.29, 0.717) is 35.4 Å². The molecule has 35 heavy (non-hydrogen) atoms. The lowest BCUT2D eigenvalue weighted by Gasteiger charge is -2.13. The third kappa shape index (κ3) is 3.78. The number of carboxylic acid groups (broad SMARTS) is 1. The number of hydrogen-bond donors (Lipinski definition) is 2. The average molecular weight is 474 g/mol. The molecule has 2 N–H and O–H groups in total. The average Bonchev–Trinajstić information content (AvgIpc) is 3.46. The van der Waals surface area contributed by atoms with Crippen LogP contribution in [0.15, 0.2) is 65.6 Å². The first kappa shape index (κ1) is 22.2. The Hall–Kier alpha value is -4.60. The number of benzene rings is 2. The quantitative estimate of drug-likeness (QED) is 0.435. The van der Waals surface area contributed by atoms with Crippen LogP contribution in [0.3, 0.4) is 0 Å². The van der Waals surface area contributed by atoms with Crippen molar-refractivity contribution in [1.29, 1.82) is 0 Å². The van der Waals surface area contributed by atoms with Crippen molar-refractivity contribution in [2.45, 2.75) is 12.5 Å². The van der Waals surface area contributed by atoms with Crippen LogP contribution in [0, 0.1) is 0 Å². The van der Waals surface area contributed by atoms with Gasteiger partial charge in [-0.2, -0.15) is 0 Å². The molecule has 4 aromatic rings. The van der Waals surface area contributed by atoms with Crippen molar-refractivity contribution in [3.63, 3.8) is 0 Å². The number of fused-ring (bicyclic) bond motifs is 1. The lowest BCUT2D eigenvalue weighted by Crippen LogP contribution is -2.31. The van der Waals surface area contributed by atoms with Crippen molar-refractivity contribution in [2.24, 2.45) is 0 Å². The van der Waals surface area contributed by atoms with Gasteiger partial charge in [0, 0.05) is 19.3 Å². The fraction of sp³-hybridized carbons (Fsp3) is 0.200. The molecule has 3 heterocycles. The fourth-order valence-corrected chi connectivity index (χ4v) is 4.55. The molecule has 5 rings (SSSR count). The molecule has 1 amide bonds. The summed E-state index contributed by atoms with van der Waals surface area (Å²) in [6, 6.07) is 15.1. The van der Waals surface area contributed by atoms with E-state index in [2.05, 4.69) is 4.98 Å². The van der Waals surface area contributed by atoms with E-state index in [4.69, 9.17) is 4.74 Å². The predicted octanol–water partition coefficient (Wildman–Crippen LogP) is 3.27. The van der Waals surface area contributed by atoms with E-state index in [0.717, 1.165) is 5.56 Å². The van der Waals surface area contributed by atoms with Gasteiger partial charge in [0.25, 0.3) is 0 Å². The molecule has 1 aliphatic heterocycles. The highest BCUT2D eigenvalue weighted by atomic mass is 16.5. The number of esters is 1. The van der Waals surface area contributed by atoms with Crippen molar-refractivity contribution in [3.05, 3.63) is 76.8 Å². The van der Waals surface area contributed by atoms with Crippen LogP contribution in [-0.2, 0) is 4.74 Å². The van der Waals surface area contributed by atoms with E-state index in [1.165, 1.54) is 18.1 Å². The molecule has 0 spiro atoms. The molecule has 0 aliphatic carbocycles. The van der Waals surface area contributed by atoms with Crippen molar-refractivity contribution >= 4 is 23.2 Å². The van der Waals surface area contributed by atoms with Crippen LogP contribution in [0.2, 0.25) is 0 Å². The largest absolute Gasteiger partial charge is 0.507 e. The number of pyridine rings is 1. The topological polar surface area (TPSA) is 127 Å². The number of phenols is 1. The maximum atomic E-state index is 13.5. The number of ether oxygens (including phenoxy) is 1. The van der Waals surface area contributed by atoms with Crippen LogP contribution in [-0.4, -0.2) is 61.5 Å². The Kier molecular flexibility index (Phi) is 5.48. The third-order valence-corrected chi connectivity index (χ3v) is 6.29. The summed E-state index contributed by atoms with van der Waals surface area (Å²) in [6.07, 6.45) is 1.14. The molecule has 10 nitrogen and oxygen atoms in total. The molecule has 0 radical (unpaired) electrons. The molecular formula is C25H22N4O6. The van der Waals surface area contributed by atoms with Crippen LogP contribution in [0.1, 0.15) is 22.8 Å². The first-order valence-corrected chi connectivity index (χ1v) is 11.0. The second-order valence-corrected chi connectivity index (χ2v) is 8.28. The molecule has 1 fully saturated rings.